The molecular formula is C23H22N4O. The number of hydrogen-bond donors (Lipinski definition) is 1. The second-order valence-corrected chi connectivity index (χ2v) is 7.52. The smallest absolute Gasteiger partial charge is 0.227 e. The molecule has 28 heavy (non-hydrogen) atoms. The van der Waals surface area contributed by atoms with Gasteiger partial charge < -0.3 is 10.2 Å². The molecule has 1 amide bonds. The molecule has 2 heterocycles. The van der Waals surface area contributed by atoms with Gasteiger partial charge in [0.25, 0.3) is 0 Å². The topological polar surface area (TPSA) is 58.1 Å². The van der Waals surface area contributed by atoms with Crippen molar-refractivity contribution in [2.24, 2.45) is 5.92 Å². The SMILES string of the molecule is O=C(Nc1ccc2c(c1)Cc1ccccc1-2)C1CCN(c2cnccn2)CC1. The number of hydrogen-bond acceptors (Lipinski definition) is 4. The van der Waals surface area contributed by atoms with E-state index >= 15 is 0 Å². The van der Waals surface area contributed by atoms with Crippen molar-refractivity contribution < 1.29 is 4.79 Å². The first-order chi connectivity index (χ1) is 13.8. The van der Waals surface area contributed by atoms with Gasteiger partial charge in [-0.3, -0.25) is 9.78 Å². The predicted octanol–water partition coefficient (Wildman–Crippen LogP) is 3.90. The minimum atomic E-state index is 0.0402. The molecule has 0 radical (unpaired) electrons. The number of carbonyl (C=O) groups excluding carboxylic acids is 1. The number of benzene rings is 2. The number of fused-ring (bicyclic) bond motifs is 3. The first-order valence-corrected chi connectivity index (χ1v) is 9.81. The van der Waals surface area contributed by atoms with Crippen molar-refractivity contribution in [2.75, 3.05) is 23.3 Å². The van der Waals surface area contributed by atoms with Crippen LogP contribution >= 0.6 is 0 Å². The standard InChI is InChI=1S/C23H22N4O/c28-23(16-7-11-27(12-8-16)22-15-24-9-10-25-22)26-19-5-6-21-18(14-19)13-17-3-1-2-4-20(17)21/h1-6,9-10,14-16H,7-8,11-13H2,(H,26,28). The summed E-state index contributed by atoms with van der Waals surface area (Å²) in [6, 6.07) is 14.8. The van der Waals surface area contributed by atoms with Crippen LogP contribution in [0.4, 0.5) is 11.5 Å². The molecule has 1 aromatic heterocycles. The normalized spacial score (nSPS) is 15.8. The number of amides is 1. The zero-order chi connectivity index (χ0) is 18.9. The van der Waals surface area contributed by atoms with E-state index in [1.165, 1.54) is 22.3 Å². The summed E-state index contributed by atoms with van der Waals surface area (Å²) >= 11 is 0. The number of rotatable bonds is 3. The molecule has 1 N–H and O–H groups in total. The number of anilines is 2. The quantitative estimate of drug-likeness (QED) is 0.594. The fourth-order valence-corrected chi connectivity index (χ4v) is 4.29. The highest BCUT2D eigenvalue weighted by atomic mass is 16.1. The van der Waals surface area contributed by atoms with Crippen LogP contribution in [0, 0.1) is 5.92 Å². The first-order valence-electron chi connectivity index (χ1n) is 9.81. The van der Waals surface area contributed by atoms with Crippen LogP contribution in [-0.2, 0) is 11.2 Å². The average Bonchev–Trinajstić information content (AvgIpc) is 3.12. The molecule has 1 saturated heterocycles. The van der Waals surface area contributed by atoms with Gasteiger partial charge in [-0.15, -0.1) is 0 Å². The van der Waals surface area contributed by atoms with Crippen molar-refractivity contribution in [1.82, 2.24) is 9.97 Å². The van der Waals surface area contributed by atoms with Gasteiger partial charge in [0.05, 0.1) is 6.20 Å². The Morgan fingerprint density at radius 2 is 1.82 bits per heavy atom. The van der Waals surface area contributed by atoms with E-state index in [1.54, 1.807) is 18.6 Å². The lowest BCUT2D eigenvalue weighted by Crippen LogP contribution is -2.38. The second-order valence-electron chi connectivity index (χ2n) is 7.52. The third kappa shape index (κ3) is 3.13. The molecule has 140 valence electrons. The Morgan fingerprint density at radius 3 is 2.64 bits per heavy atom. The van der Waals surface area contributed by atoms with E-state index in [1.807, 2.05) is 6.07 Å². The van der Waals surface area contributed by atoms with Crippen LogP contribution in [0.15, 0.2) is 61.1 Å². The maximum Gasteiger partial charge on any atom is 0.227 e. The number of nitrogens with zero attached hydrogens (tertiary/aromatic N) is 3. The highest BCUT2D eigenvalue weighted by Crippen LogP contribution is 2.37. The number of aromatic nitrogens is 2. The summed E-state index contributed by atoms with van der Waals surface area (Å²) in [5.74, 6) is 1.05. The summed E-state index contributed by atoms with van der Waals surface area (Å²) in [4.78, 5) is 23.5. The zero-order valence-corrected chi connectivity index (χ0v) is 15.6. The molecule has 1 aliphatic carbocycles. The minimum Gasteiger partial charge on any atom is -0.355 e. The largest absolute Gasteiger partial charge is 0.355 e. The van der Waals surface area contributed by atoms with Gasteiger partial charge in [0.15, 0.2) is 0 Å². The molecule has 1 aliphatic heterocycles. The van der Waals surface area contributed by atoms with Crippen molar-refractivity contribution in [2.45, 2.75) is 19.3 Å². The Bertz CT molecular complexity index is 1010. The Kier molecular flexibility index (Phi) is 4.28. The molecule has 5 nitrogen and oxygen atoms in total. The van der Waals surface area contributed by atoms with Gasteiger partial charge in [-0.05, 0) is 53.6 Å². The van der Waals surface area contributed by atoms with Crippen molar-refractivity contribution in [1.29, 1.82) is 0 Å². The van der Waals surface area contributed by atoms with Crippen molar-refractivity contribution >= 4 is 17.4 Å². The third-order valence-electron chi connectivity index (χ3n) is 5.80. The molecule has 2 aliphatic rings. The summed E-state index contributed by atoms with van der Waals surface area (Å²) in [6.07, 6.45) is 7.77. The van der Waals surface area contributed by atoms with Gasteiger partial charge in [-0.2, -0.15) is 0 Å². The van der Waals surface area contributed by atoms with Crippen molar-refractivity contribution in [3.05, 3.63) is 72.2 Å². The monoisotopic (exact) mass is 370 g/mol. The van der Waals surface area contributed by atoms with E-state index in [0.29, 0.717) is 0 Å². The zero-order valence-electron chi connectivity index (χ0n) is 15.6. The van der Waals surface area contributed by atoms with Crippen LogP contribution in [0.3, 0.4) is 0 Å². The van der Waals surface area contributed by atoms with E-state index in [2.05, 4.69) is 56.6 Å². The van der Waals surface area contributed by atoms with Gasteiger partial charge in [0, 0.05) is 37.1 Å². The molecule has 5 rings (SSSR count). The number of carbonyl (C=O) groups is 1. The van der Waals surface area contributed by atoms with Gasteiger partial charge >= 0.3 is 0 Å². The fraction of sp³-hybridized carbons (Fsp3) is 0.261. The molecule has 3 aromatic rings. The molecule has 0 saturated carbocycles. The van der Waals surface area contributed by atoms with E-state index in [-0.39, 0.29) is 11.8 Å². The molecule has 0 bridgehead atoms. The van der Waals surface area contributed by atoms with Gasteiger partial charge in [0.1, 0.15) is 5.82 Å². The predicted molar refractivity (Wildman–Crippen MR) is 110 cm³/mol. The summed E-state index contributed by atoms with van der Waals surface area (Å²) in [5, 5.41) is 3.14. The summed E-state index contributed by atoms with van der Waals surface area (Å²) < 4.78 is 0. The lowest BCUT2D eigenvalue weighted by Gasteiger charge is -2.31. The first kappa shape index (κ1) is 16.9. The molecule has 0 spiro atoms. The van der Waals surface area contributed by atoms with Crippen LogP contribution in [0.5, 0.6) is 0 Å². The summed E-state index contributed by atoms with van der Waals surface area (Å²) in [5.41, 5.74) is 6.14. The van der Waals surface area contributed by atoms with Crippen LogP contribution in [-0.4, -0.2) is 29.0 Å². The maximum absolute atomic E-state index is 12.8. The lowest BCUT2D eigenvalue weighted by atomic mass is 9.95. The van der Waals surface area contributed by atoms with Crippen molar-refractivity contribution in [3.8, 4) is 11.1 Å². The lowest BCUT2D eigenvalue weighted by molar-refractivity contribution is -0.120. The average molecular weight is 370 g/mol. The number of nitrogens with one attached hydrogen (secondary N) is 1. The number of piperidine rings is 1. The van der Waals surface area contributed by atoms with E-state index < -0.39 is 0 Å². The molecule has 0 unspecified atom stereocenters. The second kappa shape index (κ2) is 7.08. The van der Waals surface area contributed by atoms with E-state index in [4.69, 9.17) is 0 Å². The third-order valence-corrected chi connectivity index (χ3v) is 5.80. The van der Waals surface area contributed by atoms with Crippen LogP contribution < -0.4 is 10.2 Å². The Labute approximate surface area is 164 Å². The fourth-order valence-electron chi connectivity index (χ4n) is 4.29. The molecule has 0 atom stereocenters. The summed E-state index contributed by atoms with van der Waals surface area (Å²) in [6.45, 7) is 1.66. The Morgan fingerprint density at radius 1 is 1.00 bits per heavy atom. The van der Waals surface area contributed by atoms with E-state index in [9.17, 15) is 4.79 Å². The molecule has 2 aromatic carbocycles. The van der Waals surface area contributed by atoms with Crippen LogP contribution in [0.25, 0.3) is 11.1 Å². The molecular weight excluding hydrogens is 348 g/mol. The van der Waals surface area contributed by atoms with E-state index in [0.717, 1.165) is 43.9 Å². The Hall–Kier alpha value is -3.21. The summed E-state index contributed by atoms with van der Waals surface area (Å²) in [7, 11) is 0. The Balaban J connectivity index is 1.23. The van der Waals surface area contributed by atoms with Gasteiger partial charge in [0.2, 0.25) is 5.91 Å². The molecule has 5 heteroatoms. The van der Waals surface area contributed by atoms with Crippen molar-refractivity contribution in [3.63, 3.8) is 0 Å². The highest BCUT2D eigenvalue weighted by molar-refractivity contribution is 5.93. The highest BCUT2D eigenvalue weighted by Gasteiger charge is 2.26. The minimum absolute atomic E-state index is 0.0402. The van der Waals surface area contributed by atoms with Gasteiger partial charge in [-0.1, -0.05) is 30.3 Å². The van der Waals surface area contributed by atoms with Crippen LogP contribution in [0.2, 0.25) is 0 Å². The molecule has 1 fully saturated rings. The maximum atomic E-state index is 12.8. The van der Waals surface area contributed by atoms with Crippen LogP contribution in [0.1, 0.15) is 24.0 Å². The van der Waals surface area contributed by atoms with Gasteiger partial charge in [-0.25, -0.2) is 4.98 Å².